The molecule has 120 valence electrons. The molecule has 1 aromatic carbocycles. The van der Waals surface area contributed by atoms with Gasteiger partial charge in [0.2, 0.25) is 0 Å². The fourth-order valence-corrected chi connectivity index (χ4v) is 2.59. The van der Waals surface area contributed by atoms with Gasteiger partial charge in [-0.2, -0.15) is 0 Å². The van der Waals surface area contributed by atoms with Crippen LogP contribution in [0.5, 0.6) is 5.75 Å². The van der Waals surface area contributed by atoms with Crippen LogP contribution >= 0.6 is 0 Å². The van der Waals surface area contributed by atoms with Crippen LogP contribution in [0.1, 0.15) is 58.1 Å². The SMILES string of the molecule is CCCC(CCC)COc1cccc([C@H](O)[C@H](C)CN)c1. The number of hydrogen-bond donors (Lipinski definition) is 2. The summed E-state index contributed by atoms with van der Waals surface area (Å²) in [5, 5.41) is 10.2. The third-order valence-corrected chi connectivity index (χ3v) is 3.99. The number of rotatable bonds is 10. The molecule has 3 N–H and O–H groups in total. The van der Waals surface area contributed by atoms with Crippen LogP contribution in [0.25, 0.3) is 0 Å². The Kier molecular flexibility index (Phi) is 8.40. The number of aliphatic hydroxyl groups is 1. The zero-order valence-corrected chi connectivity index (χ0v) is 13.7. The summed E-state index contributed by atoms with van der Waals surface area (Å²) in [6, 6.07) is 7.76. The number of ether oxygens (including phenoxy) is 1. The maximum absolute atomic E-state index is 10.2. The smallest absolute Gasteiger partial charge is 0.119 e. The lowest BCUT2D eigenvalue weighted by Gasteiger charge is -2.19. The van der Waals surface area contributed by atoms with Crippen LogP contribution in [0.3, 0.4) is 0 Å². The summed E-state index contributed by atoms with van der Waals surface area (Å²) < 4.78 is 5.94. The van der Waals surface area contributed by atoms with E-state index in [-0.39, 0.29) is 5.92 Å². The highest BCUT2D eigenvalue weighted by atomic mass is 16.5. The molecule has 2 atom stereocenters. The van der Waals surface area contributed by atoms with Crippen LogP contribution in [-0.4, -0.2) is 18.3 Å². The molecule has 3 heteroatoms. The molecule has 0 unspecified atom stereocenters. The van der Waals surface area contributed by atoms with E-state index in [4.69, 9.17) is 10.5 Å². The summed E-state index contributed by atoms with van der Waals surface area (Å²) >= 11 is 0. The molecule has 0 aliphatic carbocycles. The van der Waals surface area contributed by atoms with Crippen LogP contribution in [-0.2, 0) is 0 Å². The van der Waals surface area contributed by atoms with E-state index < -0.39 is 6.10 Å². The van der Waals surface area contributed by atoms with Gasteiger partial charge in [0.15, 0.2) is 0 Å². The Hall–Kier alpha value is -1.06. The molecule has 21 heavy (non-hydrogen) atoms. The van der Waals surface area contributed by atoms with Gasteiger partial charge in [-0.25, -0.2) is 0 Å². The Morgan fingerprint density at radius 3 is 2.43 bits per heavy atom. The van der Waals surface area contributed by atoms with Gasteiger partial charge in [0.1, 0.15) is 5.75 Å². The van der Waals surface area contributed by atoms with Gasteiger partial charge in [-0.05, 0) is 48.9 Å². The van der Waals surface area contributed by atoms with Crippen molar-refractivity contribution in [3.63, 3.8) is 0 Å². The topological polar surface area (TPSA) is 55.5 Å². The molecule has 0 fully saturated rings. The van der Waals surface area contributed by atoms with Gasteiger partial charge in [-0.3, -0.25) is 0 Å². The van der Waals surface area contributed by atoms with Gasteiger partial charge in [0, 0.05) is 0 Å². The molecule has 0 spiro atoms. The zero-order valence-electron chi connectivity index (χ0n) is 13.7. The lowest BCUT2D eigenvalue weighted by molar-refractivity contribution is 0.121. The maximum atomic E-state index is 10.2. The fraction of sp³-hybridized carbons (Fsp3) is 0.667. The van der Waals surface area contributed by atoms with Crippen LogP contribution in [0, 0.1) is 11.8 Å². The van der Waals surface area contributed by atoms with E-state index >= 15 is 0 Å². The first kappa shape index (κ1) is 18.0. The van der Waals surface area contributed by atoms with Crippen molar-refractivity contribution in [3.8, 4) is 5.75 Å². The fourth-order valence-electron chi connectivity index (χ4n) is 2.59. The first-order chi connectivity index (χ1) is 10.1. The Morgan fingerprint density at radius 1 is 1.19 bits per heavy atom. The molecule has 0 aromatic heterocycles. The van der Waals surface area contributed by atoms with Crippen molar-refractivity contribution in [1.82, 2.24) is 0 Å². The molecule has 3 nitrogen and oxygen atoms in total. The number of hydrogen-bond acceptors (Lipinski definition) is 3. The molecule has 0 heterocycles. The highest BCUT2D eigenvalue weighted by Crippen LogP contribution is 2.25. The van der Waals surface area contributed by atoms with E-state index in [0.29, 0.717) is 12.5 Å². The average molecular weight is 293 g/mol. The molecular formula is C18H31NO2. The minimum absolute atomic E-state index is 0.0492. The van der Waals surface area contributed by atoms with Crippen molar-refractivity contribution in [2.24, 2.45) is 17.6 Å². The Morgan fingerprint density at radius 2 is 1.86 bits per heavy atom. The van der Waals surface area contributed by atoms with Gasteiger partial charge in [0.25, 0.3) is 0 Å². The standard InChI is InChI=1S/C18H31NO2/c1-4-7-15(8-5-2)13-21-17-10-6-9-16(11-17)18(20)14(3)12-19/h6,9-11,14-15,18,20H,4-5,7-8,12-13,19H2,1-3H3/t14-,18-/m1/s1. The molecule has 0 aliphatic rings. The normalized spacial score (nSPS) is 14.2. The first-order valence-electron chi connectivity index (χ1n) is 8.23. The van der Waals surface area contributed by atoms with Crippen molar-refractivity contribution >= 4 is 0 Å². The van der Waals surface area contributed by atoms with Gasteiger partial charge < -0.3 is 15.6 Å². The molecule has 0 radical (unpaired) electrons. The van der Waals surface area contributed by atoms with Crippen molar-refractivity contribution in [2.45, 2.75) is 52.6 Å². The second-order valence-electron chi connectivity index (χ2n) is 5.98. The van der Waals surface area contributed by atoms with Crippen molar-refractivity contribution in [1.29, 1.82) is 0 Å². The maximum Gasteiger partial charge on any atom is 0.119 e. The van der Waals surface area contributed by atoms with Crippen molar-refractivity contribution < 1.29 is 9.84 Å². The number of aliphatic hydroxyl groups excluding tert-OH is 1. The lowest BCUT2D eigenvalue weighted by Crippen LogP contribution is -2.19. The Bertz CT molecular complexity index is 389. The molecule has 0 saturated carbocycles. The summed E-state index contributed by atoms with van der Waals surface area (Å²) in [7, 11) is 0. The summed E-state index contributed by atoms with van der Waals surface area (Å²) in [5.41, 5.74) is 6.50. The first-order valence-corrected chi connectivity index (χ1v) is 8.23. The van der Waals surface area contributed by atoms with Crippen molar-refractivity contribution in [2.75, 3.05) is 13.2 Å². The molecule has 0 aliphatic heterocycles. The van der Waals surface area contributed by atoms with Gasteiger partial charge in [-0.1, -0.05) is 45.7 Å². The average Bonchev–Trinajstić information content (AvgIpc) is 2.52. The monoisotopic (exact) mass is 293 g/mol. The van der Waals surface area contributed by atoms with Gasteiger partial charge in [0.05, 0.1) is 12.7 Å². The predicted molar refractivity (Wildman–Crippen MR) is 88.4 cm³/mol. The number of nitrogens with two attached hydrogens (primary N) is 1. The number of benzene rings is 1. The minimum Gasteiger partial charge on any atom is -0.493 e. The van der Waals surface area contributed by atoms with Crippen LogP contribution in [0.2, 0.25) is 0 Å². The summed E-state index contributed by atoms with van der Waals surface area (Å²) in [6.07, 6.45) is 4.28. The minimum atomic E-state index is -0.527. The summed E-state index contributed by atoms with van der Waals surface area (Å²) in [6.45, 7) is 7.62. The Balaban J connectivity index is 2.63. The molecule has 0 bridgehead atoms. The van der Waals surface area contributed by atoms with Crippen LogP contribution in [0.15, 0.2) is 24.3 Å². The van der Waals surface area contributed by atoms with Crippen LogP contribution < -0.4 is 10.5 Å². The predicted octanol–water partition coefficient (Wildman–Crippen LogP) is 3.91. The highest BCUT2D eigenvalue weighted by Gasteiger charge is 2.15. The lowest BCUT2D eigenvalue weighted by atomic mass is 9.97. The summed E-state index contributed by atoms with van der Waals surface area (Å²) in [4.78, 5) is 0. The van der Waals surface area contributed by atoms with E-state index in [0.717, 1.165) is 17.9 Å². The third kappa shape index (κ3) is 6.06. The molecule has 0 amide bonds. The van der Waals surface area contributed by atoms with Crippen LogP contribution in [0.4, 0.5) is 0 Å². The molecule has 1 aromatic rings. The van der Waals surface area contributed by atoms with E-state index in [1.165, 1.54) is 25.7 Å². The second kappa shape index (κ2) is 9.80. The van der Waals surface area contributed by atoms with E-state index in [1.54, 1.807) is 0 Å². The molecule has 0 saturated heterocycles. The quantitative estimate of drug-likeness (QED) is 0.687. The van der Waals surface area contributed by atoms with Gasteiger partial charge in [-0.15, -0.1) is 0 Å². The third-order valence-electron chi connectivity index (χ3n) is 3.99. The molecular weight excluding hydrogens is 262 g/mol. The Labute approximate surface area is 129 Å². The van der Waals surface area contributed by atoms with E-state index in [1.807, 2.05) is 31.2 Å². The van der Waals surface area contributed by atoms with Crippen molar-refractivity contribution in [3.05, 3.63) is 29.8 Å². The largest absolute Gasteiger partial charge is 0.493 e. The highest BCUT2D eigenvalue weighted by molar-refractivity contribution is 5.30. The van der Waals surface area contributed by atoms with E-state index in [2.05, 4.69) is 13.8 Å². The second-order valence-corrected chi connectivity index (χ2v) is 5.98. The van der Waals surface area contributed by atoms with Gasteiger partial charge >= 0.3 is 0 Å². The molecule has 1 rings (SSSR count). The summed E-state index contributed by atoms with van der Waals surface area (Å²) in [5.74, 6) is 1.51. The van der Waals surface area contributed by atoms with E-state index in [9.17, 15) is 5.11 Å². The zero-order chi connectivity index (χ0) is 15.7.